The lowest BCUT2D eigenvalue weighted by atomic mass is 10.1. The van der Waals surface area contributed by atoms with Crippen molar-refractivity contribution in [3.05, 3.63) is 46.5 Å². The van der Waals surface area contributed by atoms with Gasteiger partial charge in [0, 0.05) is 6.04 Å². The lowest BCUT2D eigenvalue weighted by Crippen LogP contribution is -2.18. The van der Waals surface area contributed by atoms with Gasteiger partial charge >= 0.3 is 0 Å². The van der Waals surface area contributed by atoms with E-state index in [0.717, 1.165) is 12.8 Å². The minimum atomic E-state index is 0.0951. The number of hydrogen-bond acceptors (Lipinski definition) is 4. The molecule has 0 bridgehead atoms. The Bertz CT molecular complexity index is 513. The third-order valence-corrected chi connectivity index (χ3v) is 3.00. The average Bonchev–Trinajstić information content (AvgIpc) is 2.36. The Kier molecular flexibility index (Phi) is 4.93. The second-order valence-corrected chi connectivity index (χ2v) is 4.94. The van der Waals surface area contributed by atoms with Gasteiger partial charge in [0.15, 0.2) is 0 Å². The molecule has 0 saturated heterocycles. The van der Waals surface area contributed by atoms with Gasteiger partial charge in [-0.3, -0.25) is 0 Å². The quantitative estimate of drug-likeness (QED) is 0.916. The maximum Gasteiger partial charge on any atom is 0.228 e. The molecule has 100 valence electrons. The number of aromatic nitrogens is 3. The minimum Gasteiger partial charge on any atom is -0.352 e. The summed E-state index contributed by atoms with van der Waals surface area (Å²) in [5.74, 6) is 0.408. The van der Waals surface area contributed by atoms with E-state index < -0.39 is 0 Å². The molecule has 0 unspecified atom stereocenters. The predicted molar refractivity (Wildman–Crippen MR) is 77.7 cm³/mol. The standard InChI is InChI=1S/C13H14Cl2N4/c1-9(7-8-10-5-3-2-4-6-10)16-13-18-11(14)17-12(15)19-13/h2-6,9H,7-8H2,1H3,(H,16,17,18,19)/t9-/m0/s1. The second kappa shape index (κ2) is 6.68. The second-order valence-electron chi connectivity index (χ2n) is 4.27. The molecule has 1 aromatic heterocycles. The van der Waals surface area contributed by atoms with Crippen molar-refractivity contribution in [2.24, 2.45) is 0 Å². The molecule has 0 saturated carbocycles. The van der Waals surface area contributed by atoms with Crippen LogP contribution < -0.4 is 5.32 Å². The Hall–Kier alpha value is -1.39. The normalized spacial score (nSPS) is 12.2. The van der Waals surface area contributed by atoms with E-state index in [9.17, 15) is 0 Å². The Labute approximate surface area is 122 Å². The minimum absolute atomic E-state index is 0.0951. The number of hydrogen-bond donors (Lipinski definition) is 1. The van der Waals surface area contributed by atoms with Gasteiger partial charge < -0.3 is 5.32 Å². The van der Waals surface area contributed by atoms with Crippen molar-refractivity contribution in [3.8, 4) is 0 Å². The molecule has 0 radical (unpaired) electrons. The van der Waals surface area contributed by atoms with Crippen LogP contribution in [-0.4, -0.2) is 21.0 Å². The third-order valence-electron chi connectivity index (χ3n) is 2.67. The molecular formula is C13H14Cl2N4. The third kappa shape index (κ3) is 4.65. The fraction of sp³-hybridized carbons (Fsp3) is 0.308. The van der Waals surface area contributed by atoms with E-state index in [4.69, 9.17) is 23.2 Å². The molecule has 6 heteroatoms. The van der Waals surface area contributed by atoms with E-state index in [1.807, 2.05) is 18.2 Å². The lowest BCUT2D eigenvalue weighted by molar-refractivity contribution is 0.697. The van der Waals surface area contributed by atoms with Crippen LogP contribution >= 0.6 is 23.2 Å². The van der Waals surface area contributed by atoms with Crippen molar-refractivity contribution in [3.63, 3.8) is 0 Å². The number of benzene rings is 1. The van der Waals surface area contributed by atoms with Crippen LogP contribution in [0.1, 0.15) is 18.9 Å². The summed E-state index contributed by atoms with van der Waals surface area (Å²) in [6.07, 6.45) is 1.95. The zero-order chi connectivity index (χ0) is 13.7. The van der Waals surface area contributed by atoms with Gasteiger partial charge in [0.05, 0.1) is 0 Å². The Morgan fingerprint density at radius 2 is 1.68 bits per heavy atom. The van der Waals surface area contributed by atoms with Crippen molar-refractivity contribution in [2.45, 2.75) is 25.8 Å². The summed E-state index contributed by atoms with van der Waals surface area (Å²) in [7, 11) is 0. The summed E-state index contributed by atoms with van der Waals surface area (Å²) in [5.41, 5.74) is 1.31. The summed E-state index contributed by atoms with van der Waals surface area (Å²) in [6.45, 7) is 2.06. The molecule has 19 heavy (non-hydrogen) atoms. The van der Waals surface area contributed by atoms with E-state index >= 15 is 0 Å². The fourth-order valence-electron chi connectivity index (χ4n) is 1.71. The van der Waals surface area contributed by atoms with Crippen LogP contribution in [0.5, 0.6) is 0 Å². The highest BCUT2D eigenvalue weighted by molar-refractivity contribution is 6.31. The molecule has 1 aromatic carbocycles. The molecule has 0 aliphatic heterocycles. The smallest absolute Gasteiger partial charge is 0.228 e. The summed E-state index contributed by atoms with van der Waals surface area (Å²) in [5, 5.41) is 3.35. The molecule has 0 fully saturated rings. The molecule has 2 rings (SSSR count). The van der Waals surface area contributed by atoms with Crippen molar-refractivity contribution in [1.82, 2.24) is 15.0 Å². The molecule has 4 nitrogen and oxygen atoms in total. The summed E-state index contributed by atoms with van der Waals surface area (Å²) in [4.78, 5) is 11.7. The molecule has 1 heterocycles. The highest BCUT2D eigenvalue weighted by Crippen LogP contribution is 2.12. The Morgan fingerprint density at radius 1 is 1.05 bits per heavy atom. The summed E-state index contributed by atoms with van der Waals surface area (Å²) in [6, 6.07) is 10.5. The lowest BCUT2D eigenvalue weighted by Gasteiger charge is -2.13. The first-order valence-electron chi connectivity index (χ1n) is 6.01. The molecule has 0 aliphatic rings. The number of aryl methyl sites for hydroxylation is 1. The van der Waals surface area contributed by atoms with Gasteiger partial charge in [0.1, 0.15) is 0 Å². The highest BCUT2D eigenvalue weighted by atomic mass is 35.5. The van der Waals surface area contributed by atoms with Gasteiger partial charge in [-0.15, -0.1) is 0 Å². The van der Waals surface area contributed by atoms with Gasteiger partial charge in [-0.2, -0.15) is 15.0 Å². The summed E-state index contributed by atoms with van der Waals surface area (Å²) < 4.78 is 0. The first-order chi connectivity index (χ1) is 9.13. The first-order valence-corrected chi connectivity index (χ1v) is 6.76. The van der Waals surface area contributed by atoms with Crippen LogP contribution in [0, 0.1) is 0 Å². The van der Waals surface area contributed by atoms with Crippen LogP contribution in [0.2, 0.25) is 10.6 Å². The van der Waals surface area contributed by atoms with Crippen LogP contribution in [0.3, 0.4) is 0 Å². The Balaban J connectivity index is 1.89. The largest absolute Gasteiger partial charge is 0.352 e. The number of nitrogens with one attached hydrogen (secondary N) is 1. The topological polar surface area (TPSA) is 50.7 Å². The van der Waals surface area contributed by atoms with Crippen molar-refractivity contribution in [1.29, 1.82) is 0 Å². The van der Waals surface area contributed by atoms with Crippen LogP contribution in [0.25, 0.3) is 0 Å². The number of rotatable bonds is 5. The molecule has 0 aliphatic carbocycles. The molecule has 1 atom stereocenters. The van der Waals surface area contributed by atoms with Gasteiger partial charge in [-0.05, 0) is 48.5 Å². The predicted octanol–water partition coefficient (Wildman–Crippen LogP) is 3.61. The van der Waals surface area contributed by atoms with E-state index in [-0.39, 0.29) is 16.6 Å². The number of nitrogens with zero attached hydrogens (tertiary/aromatic N) is 3. The zero-order valence-electron chi connectivity index (χ0n) is 10.5. The molecule has 0 spiro atoms. The highest BCUT2D eigenvalue weighted by Gasteiger charge is 2.07. The SMILES string of the molecule is C[C@@H](CCc1ccccc1)Nc1nc(Cl)nc(Cl)n1. The Morgan fingerprint density at radius 3 is 2.32 bits per heavy atom. The van der Waals surface area contributed by atoms with Crippen molar-refractivity contribution >= 4 is 29.2 Å². The van der Waals surface area contributed by atoms with Crippen molar-refractivity contribution < 1.29 is 0 Å². The van der Waals surface area contributed by atoms with Crippen LogP contribution in [0.4, 0.5) is 5.95 Å². The van der Waals surface area contributed by atoms with Crippen molar-refractivity contribution in [2.75, 3.05) is 5.32 Å². The zero-order valence-corrected chi connectivity index (χ0v) is 12.0. The maximum atomic E-state index is 5.72. The van der Waals surface area contributed by atoms with Crippen LogP contribution in [0.15, 0.2) is 30.3 Å². The summed E-state index contributed by atoms with van der Waals surface area (Å²) >= 11 is 11.4. The molecule has 1 N–H and O–H groups in total. The molecule has 2 aromatic rings. The maximum absolute atomic E-state index is 5.72. The number of anilines is 1. The van der Waals surface area contributed by atoms with Gasteiger partial charge in [-0.1, -0.05) is 30.3 Å². The molecular weight excluding hydrogens is 283 g/mol. The van der Waals surface area contributed by atoms with E-state index in [1.165, 1.54) is 5.56 Å². The average molecular weight is 297 g/mol. The number of halogens is 2. The van der Waals surface area contributed by atoms with E-state index in [2.05, 4.69) is 39.3 Å². The van der Waals surface area contributed by atoms with E-state index in [1.54, 1.807) is 0 Å². The van der Waals surface area contributed by atoms with Gasteiger partial charge in [0.25, 0.3) is 0 Å². The monoisotopic (exact) mass is 296 g/mol. The van der Waals surface area contributed by atoms with Gasteiger partial charge in [-0.25, -0.2) is 0 Å². The van der Waals surface area contributed by atoms with Crippen LogP contribution in [-0.2, 0) is 6.42 Å². The fourth-order valence-corrected chi connectivity index (χ4v) is 2.07. The molecule has 0 amide bonds. The first kappa shape index (κ1) is 14.0. The van der Waals surface area contributed by atoms with Gasteiger partial charge in [0.2, 0.25) is 16.5 Å². The van der Waals surface area contributed by atoms with E-state index in [0.29, 0.717) is 5.95 Å².